The Morgan fingerprint density at radius 1 is 1.20 bits per heavy atom. The van der Waals surface area contributed by atoms with E-state index in [0.717, 1.165) is 5.56 Å². The number of halogens is 1. The van der Waals surface area contributed by atoms with Crippen molar-refractivity contribution in [1.82, 2.24) is 15.1 Å². The Balaban J connectivity index is 1.70. The molecule has 0 spiro atoms. The van der Waals surface area contributed by atoms with Crippen molar-refractivity contribution in [1.29, 1.82) is 0 Å². The first-order valence-electron chi connectivity index (χ1n) is 10.1. The number of amides is 4. The van der Waals surface area contributed by atoms with Gasteiger partial charge < -0.3 is 10.2 Å². The molecule has 0 bridgehead atoms. The molecule has 1 fully saturated rings. The van der Waals surface area contributed by atoms with Crippen LogP contribution in [0.1, 0.15) is 31.7 Å². The number of fused-ring (bicyclic) bond motifs is 1. The molecule has 160 valence electrons. The summed E-state index contributed by atoms with van der Waals surface area (Å²) in [4.78, 5) is 53.1. The van der Waals surface area contributed by atoms with Crippen LogP contribution >= 0.6 is 11.6 Å². The van der Waals surface area contributed by atoms with Gasteiger partial charge in [0.2, 0.25) is 23.6 Å². The molecule has 0 saturated carbocycles. The van der Waals surface area contributed by atoms with Crippen LogP contribution in [-0.2, 0) is 25.7 Å². The highest BCUT2D eigenvalue weighted by molar-refractivity contribution is 6.30. The lowest BCUT2D eigenvalue weighted by Gasteiger charge is -2.29. The normalized spacial score (nSPS) is 21.4. The van der Waals surface area contributed by atoms with Gasteiger partial charge in [0.1, 0.15) is 6.04 Å². The van der Waals surface area contributed by atoms with E-state index < -0.39 is 6.04 Å². The lowest BCUT2D eigenvalue weighted by molar-refractivity contribution is -0.143. The summed E-state index contributed by atoms with van der Waals surface area (Å²) in [5.74, 6) is -1.64. The third-order valence-corrected chi connectivity index (χ3v) is 6.04. The fourth-order valence-electron chi connectivity index (χ4n) is 4.06. The molecule has 0 unspecified atom stereocenters. The minimum Gasteiger partial charge on any atom is -0.357 e. The number of nitrogens with one attached hydrogen (secondary N) is 1. The maximum atomic E-state index is 13.0. The minimum atomic E-state index is -0.710. The lowest BCUT2D eigenvalue weighted by Crippen LogP contribution is -2.47. The van der Waals surface area contributed by atoms with Gasteiger partial charge in [0.15, 0.2) is 0 Å². The Kier molecular flexibility index (Phi) is 6.92. The lowest BCUT2D eigenvalue weighted by atomic mass is 9.85. The van der Waals surface area contributed by atoms with Gasteiger partial charge in [-0.3, -0.25) is 24.1 Å². The largest absolute Gasteiger partial charge is 0.357 e. The molecule has 3 rings (SSSR count). The van der Waals surface area contributed by atoms with E-state index in [2.05, 4.69) is 5.32 Å². The molecule has 1 aliphatic carbocycles. The molecule has 30 heavy (non-hydrogen) atoms. The molecule has 1 aliphatic heterocycles. The van der Waals surface area contributed by atoms with Crippen LogP contribution in [0.15, 0.2) is 36.4 Å². The monoisotopic (exact) mass is 431 g/mol. The van der Waals surface area contributed by atoms with Crippen molar-refractivity contribution in [2.45, 2.75) is 38.8 Å². The number of imide groups is 1. The van der Waals surface area contributed by atoms with E-state index in [9.17, 15) is 19.2 Å². The first kappa shape index (κ1) is 22.0. The van der Waals surface area contributed by atoms with Crippen molar-refractivity contribution >= 4 is 35.2 Å². The topological polar surface area (TPSA) is 86.8 Å². The standard InChI is InChI=1S/C22H26ClN3O4/c1-14(20(28)24-2)26(13-15-6-5-7-16(23)12-15)19(27)10-11-25-21(29)17-8-3-4-9-18(17)22(25)30/h3-7,12,14,17-18H,8-11,13H2,1-2H3,(H,24,28)/t14-,17-,18+/m0/s1. The van der Waals surface area contributed by atoms with Gasteiger partial charge in [0.05, 0.1) is 11.8 Å². The summed E-state index contributed by atoms with van der Waals surface area (Å²) in [7, 11) is 1.51. The molecule has 7 nitrogen and oxygen atoms in total. The second-order valence-electron chi connectivity index (χ2n) is 7.68. The highest BCUT2D eigenvalue weighted by atomic mass is 35.5. The van der Waals surface area contributed by atoms with Gasteiger partial charge in [-0.15, -0.1) is 0 Å². The van der Waals surface area contributed by atoms with Crippen LogP contribution in [-0.4, -0.2) is 53.1 Å². The van der Waals surface area contributed by atoms with Crippen LogP contribution in [0.5, 0.6) is 0 Å². The first-order valence-corrected chi connectivity index (χ1v) is 10.5. The molecule has 1 aromatic carbocycles. The van der Waals surface area contributed by atoms with E-state index in [0.29, 0.717) is 17.9 Å². The SMILES string of the molecule is CNC(=O)[C@H](C)N(Cc1cccc(Cl)c1)C(=O)CCN1C(=O)[C@H]2CC=CC[C@H]2C1=O. The summed E-state index contributed by atoms with van der Waals surface area (Å²) >= 11 is 6.05. The number of rotatable bonds is 7. The third kappa shape index (κ3) is 4.56. The first-order chi connectivity index (χ1) is 14.3. The summed E-state index contributed by atoms with van der Waals surface area (Å²) in [5, 5.41) is 3.10. The zero-order chi connectivity index (χ0) is 21.8. The van der Waals surface area contributed by atoms with E-state index in [4.69, 9.17) is 11.6 Å². The Hall–Kier alpha value is -2.67. The molecule has 3 atom stereocenters. The van der Waals surface area contributed by atoms with Crippen molar-refractivity contribution in [3.8, 4) is 0 Å². The van der Waals surface area contributed by atoms with Crippen molar-refractivity contribution in [3.63, 3.8) is 0 Å². The zero-order valence-electron chi connectivity index (χ0n) is 17.1. The molecule has 1 N–H and O–H groups in total. The fraction of sp³-hybridized carbons (Fsp3) is 0.455. The Morgan fingerprint density at radius 3 is 2.40 bits per heavy atom. The highest BCUT2D eigenvalue weighted by Gasteiger charge is 2.47. The molecule has 2 aliphatic rings. The molecule has 0 radical (unpaired) electrons. The quantitative estimate of drug-likeness (QED) is 0.529. The summed E-state index contributed by atoms with van der Waals surface area (Å²) in [5.41, 5.74) is 0.789. The number of benzene rings is 1. The second-order valence-corrected chi connectivity index (χ2v) is 8.11. The fourth-order valence-corrected chi connectivity index (χ4v) is 4.28. The molecule has 1 heterocycles. The van der Waals surface area contributed by atoms with E-state index in [1.165, 1.54) is 16.8 Å². The van der Waals surface area contributed by atoms with Gasteiger partial charge in [-0.25, -0.2) is 0 Å². The zero-order valence-corrected chi connectivity index (χ0v) is 17.9. The van der Waals surface area contributed by atoms with Gasteiger partial charge in [0, 0.05) is 31.6 Å². The summed E-state index contributed by atoms with van der Waals surface area (Å²) in [6.45, 7) is 1.87. The van der Waals surface area contributed by atoms with Crippen LogP contribution < -0.4 is 5.32 Å². The van der Waals surface area contributed by atoms with Crippen molar-refractivity contribution in [2.24, 2.45) is 11.8 Å². The molecule has 1 aromatic rings. The second kappa shape index (κ2) is 9.43. The summed E-state index contributed by atoms with van der Waals surface area (Å²) < 4.78 is 0. The molecule has 4 amide bonds. The van der Waals surface area contributed by atoms with Gasteiger partial charge >= 0.3 is 0 Å². The van der Waals surface area contributed by atoms with Crippen molar-refractivity contribution in [3.05, 3.63) is 47.0 Å². The van der Waals surface area contributed by atoms with E-state index in [1.54, 1.807) is 25.1 Å². The Morgan fingerprint density at radius 2 is 1.83 bits per heavy atom. The molecule has 0 aromatic heterocycles. The summed E-state index contributed by atoms with van der Waals surface area (Å²) in [6, 6.07) is 6.37. The van der Waals surface area contributed by atoms with Crippen LogP contribution in [0, 0.1) is 11.8 Å². The molecular formula is C22H26ClN3O4. The average Bonchev–Trinajstić information content (AvgIpc) is 2.99. The summed E-state index contributed by atoms with van der Waals surface area (Å²) in [6.07, 6.45) is 4.95. The maximum Gasteiger partial charge on any atom is 0.242 e. The van der Waals surface area contributed by atoms with Gasteiger partial charge in [-0.1, -0.05) is 35.9 Å². The number of carbonyl (C=O) groups excluding carboxylic acids is 4. The van der Waals surface area contributed by atoms with Gasteiger partial charge in [0.25, 0.3) is 0 Å². The van der Waals surface area contributed by atoms with Crippen LogP contribution in [0.2, 0.25) is 5.02 Å². The van der Waals surface area contributed by atoms with Crippen molar-refractivity contribution in [2.75, 3.05) is 13.6 Å². The van der Waals surface area contributed by atoms with Crippen LogP contribution in [0.25, 0.3) is 0 Å². The van der Waals surface area contributed by atoms with E-state index in [-0.39, 0.29) is 55.0 Å². The third-order valence-electron chi connectivity index (χ3n) is 5.80. The maximum absolute atomic E-state index is 13.0. The highest BCUT2D eigenvalue weighted by Crippen LogP contribution is 2.35. The Labute approximate surface area is 181 Å². The van der Waals surface area contributed by atoms with E-state index >= 15 is 0 Å². The number of hydrogen-bond acceptors (Lipinski definition) is 4. The van der Waals surface area contributed by atoms with Crippen molar-refractivity contribution < 1.29 is 19.2 Å². The predicted octanol–water partition coefficient (Wildman–Crippen LogP) is 2.14. The minimum absolute atomic E-state index is 0.0238. The Bertz CT molecular complexity index is 859. The molecule has 8 heteroatoms. The average molecular weight is 432 g/mol. The van der Waals surface area contributed by atoms with Crippen LogP contribution in [0.4, 0.5) is 0 Å². The van der Waals surface area contributed by atoms with E-state index in [1.807, 2.05) is 18.2 Å². The number of carbonyl (C=O) groups is 4. The number of hydrogen-bond donors (Lipinski definition) is 1. The van der Waals surface area contributed by atoms with Gasteiger partial charge in [-0.2, -0.15) is 0 Å². The smallest absolute Gasteiger partial charge is 0.242 e. The number of likely N-dealkylation sites (tertiary alicyclic amines) is 1. The van der Waals surface area contributed by atoms with Gasteiger partial charge in [-0.05, 0) is 37.5 Å². The number of likely N-dealkylation sites (N-methyl/N-ethyl adjacent to an activating group) is 1. The van der Waals surface area contributed by atoms with Crippen LogP contribution in [0.3, 0.4) is 0 Å². The molecule has 1 saturated heterocycles. The molecular weight excluding hydrogens is 406 g/mol. The predicted molar refractivity (Wildman–Crippen MR) is 112 cm³/mol. The number of nitrogens with zero attached hydrogens (tertiary/aromatic N) is 2. The number of allylic oxidation sites excluding steroid dienone is 2.